The maximum atomic E-state index is 11.3. The van der Waals surface area contributed by atoms with Crippen molar-refractivity contribution in [2.24, 2.45) is 0 Å². The number of rotatable bonds is 6. The highest BCUT2D eigenvalue weighted by Crippen LogP contribution is 2.18. The Labute approximate surface area is 89.2 Å². The molecule has 0 aromatic carbocycles. The second kappa shape index (κ2) is 5.58. The zero-order chi connectivity index (χ0) is 11.3. The minimum Gasteiger partial charge on any atom is -0.480 e. The van der Waals surface area contributed by atoms with E-state index in [0.717, 1.165) is 25.7 Å². The molecular weight excluding hydrogens is 196 g/mol. The third kappa shape index (κ3) is 4.67. The summed E-state index contributed by atoms with van der Waals surface area (Å²) in [4.78, 5) is 22.1. The van der Waals surface area contributed by atoms with Crippen molar-refractivity contribution in [1.29, 1.82) is 0 Å². The van der Waals surface area contributed by atoms with E-state index in [1.807, 2.05) is 6.92 Å². The summed E-state index contributed by atoms with van der Waals surface area (Å²) in [7, 11) is 0. The number of carboxylic acids is 1. The summed E-state index contributed by atoms with van der Waals surface area (Å²) in [5.41, 5.74) is 0. The maximum Gasteiger partial charge on any atom is 0.326 e. The minimum atomic E-state index is -0.964. The molecule has 15 heavy (non-hydrogen) atoms. The van der Waals surface area contributed by atoms with Gasteiger partial charge in [-0.25, -0.2) is 9.59 Å². The molecule has 1 rings (SSSR count). The number of carbonyl (C=O) groups is 2. The number of hydrogen-bond donors (Lipinski definition) is 3. The Morgan fingerprint density at radius 3 is 2.60 bits per heavy atom. The van der Waals surface area contributed by atoms with Crippen molar-refractivity contribution in [1.82, 2.24) is 10.6 Å². The first-order chi connectivity index (χ1) is 7.13. The smallest absolute Gasteiger partial charge is 0.326 e. The molecule has 1 unspecified atom stereocenters. The number of unbranched alkanes of at least 4 members (excludes halogenated alkanes) is 1. The van der Waals surface area contributed by atoms with Crippen LogP contribution in [-0.4, -0.2) is 29.2 Å². The fraction of sp³-hybridized carbons (Fsp3) is 0.800. The summed E-state index contributed by atoms with van der Waals surface area (Å²) in [5.74, 6) is -0.964. The Morgan fingerprint density at radius 1 is 1.47 bits per heavy atom. The molecule has 5 heteroatoms. The molecule has 1 aliphatic rings. The molecule has 86 valence electrons. The molecule has 3 N–H and O–H groups in total. The molecule has 0 spiro atoms. The lowest BCUT2D eigenvalue weighted by molar-refractivity contribution is -0.139. The van der Waals surface area contributed by atoms with Gasteiger partial charge in [0.1, 0.15) is 6.04 Å². The highest BCUT2D eigenvalue weighted by Gasteiger charge is 2.25. The predicted molar refractivity (Wildman–Crippen MR) is 55.6 cm³/mol. The van der Waals surface area contributed by atoms with Gasteiger partial charge in [0.15, 0.2) is 0 Å². The molecule has 5 nitrogen and oxygen atoms in total. The molecule has 0 bridgehead atoms. The van der Waals surface area contributed by atoms with Gasteiger partial charge in [0.2, 0.25) is 0 Å². The van der Waals surface area contributed by atoms with Crippen LogP contribution in [-0.2, 0) is 4.79 Å². The van der Waals surface area contributed by atoms with Gasteiger partial charge in [-0.1, -0.05) is 19.8 Å². The van der Waals surface area contributed by atoms with Crippen molar-refractivity contribution in [2.45, 2.75) is 51.1 Å². The third-order valence-corrected chi connectivity index (χ3v) is 2.36. The van der Waals surface area contributed by atoms with Gasteiger partial charge in [0.25, 0.3) is 0 Å². The van der Waals surface area contributed by atoms with Gasteiger partial charge in [-0.15, -0.1) is 0 Å². The second-order valence-corrected chi connectivity index (χ2v) is 3.93. The molecule has 1 fully saturated rings. The number of nitrogens with one attached hydrogen (secondary N) is 2. The highest BCUT2D eigenvalue weighted by molar-refractivity contribution is 5.82. The summed E-state index contributed by atoms with van der Waals surface area (Å²) >= 11 is 0. The van der Waals surface area contributed by atoms with Crippen molar-refractivity contribution in [3.8, 4) is 0 Å². The van der Waals surface area contributed by atoms with Crippen LogP contribution in [0.2, 0.25) is 0 Å². The van der Waals surface area contributed by atoms with E-state index in [9.17, 15) is 9.59 Å². The Bertz CT molecular complexity index is 239. The van der Waals surface area contributed by atoms with Crippen LogP contribution < -0.4 is 10.6 Å². The fourth-order valence-corrected chi connectivity index (χ4v) is 1.28. The first kappa shape index (κ1) is 11.8. The standard InChI is InChI=1S/C10H18N2O3/c1-2-3-4-8(9(13)14)12-10(15)11-7-5-6-7/h7-8H,2-6H2,1H3,(H,13,14)(H2,11,12,15). The van der Waals surface area contributed by atoms with Gasteiger partial charge < -0.3 is 15.7 Å². The van der Waals surface area contributed by atoms with E-state index in [2.05, 4.69) is 10.6 Å². The van der Waals surface area contributed by atoms with Gasteiger partial charge in [0.05, 0.1) is 0 Å². The van der Waals surface area contributed by atoms with Crippen molar-refractivity contribution in [3.63, 3.8) is 0 Å². The first-order valence-electron chi connectivity index (χ1n) is 5.43. The average Bonchev–Trinajstić information content (AvgIpc) is 2.95. The van der Waals surface area contributed by atoms with Crippen molar-refractivity contribution in [2.75, 3.05) is 0 Å². The quantitative estimate of drug-likeness (QED) is 0.619. The molecule has 0 saturated heterocycles. The van der Waals surface area contributed by atoms with E-state index in [1.54, 1.807) is 0 Å². The first-order valence-corrected chi connectivity index (χ1v) is 5.43. The fourth-order valence-electron chi connectivity index (χ4n) is 1.28. The number of aliphatic carboxylic acids is 1. The highest BCUT2D eigenvalue weighted by atomic mass is 16.4. The number of carboxylic acid groups (broad SMARTS) is 1. The summed E-state index contributed by atoms with van der Waals surface area (Å²) in [5, 5.41) is 14.0. The topological polar surface area (TPSA) is 78.4 Å². The van der Waals surface area contributed by atoms with Gasteiger partial charge >= 0.3 is 12.0 Å². The van der Waals surface area contributed by atoms with Crippen LogP contribution in [0.1, 0.15) is 39.0 Å². The molecule has 0 heterocycles. The average molecular weight is 214 g/mol. The van der Waals surface area contributed by atoms with Crippen LogP contribution in [0.15, 0.2) is 0 Å². The molecule has 1 atom stereocenters. The number of amides is 2. The van der Waals surface area contributed by atoms with Crippen molar-refractivity contribution < 1.29 is 14.7 Å². The number of hydrogen-bond acceptors (Lipinski definition) is 2. The van der Waals surface area contributed by atoms with Gasteiger partial charge in [0, 0.05) is 6.04 Å². The van der Waals surface area contributed by atoms with Gasteiger partial charge in [-0.2, -0.15) is 0 Å². The van der Waals surface area contributed by atoms with Gasteiger partial charge in [-0.05, 0) is 19.3 Å². The maximum absolute atomic E-state index is 11.3. The summed E-state index contributed by atoms with van der Waals surface area (Å²) in [6.07, 6.45) is 4.22. The second-order valence-electron chi connectivity index (χ2n) is 3.93. The van der Waals surface area contributed by atoms with Crippen LogP contribution >= 0.6 is 0 Å². The third-order valence-electron chi connectivity index (χ3n) is 2.36. The van der Waals surface area contributed by atoms with E-state index in [1.165, 1.54) is 0 Å². The van der Waals surface area contributed by atoms with Crippen molar-refractivity contribution >= 4 is 12.0 Å². The molecule has 0 aromatic heterocycles. The Kier molecular flexibility index (Phi) is 4.39. The summed E-state index contributed by atoms with van der Waals surface area (Å²) < 4.78 is 0. The van der Waals surface area contributed by atoms with E-state index in [-0.39, 0.29) is 12.1 Å². The largest absolute Gasteiger partial charge is 0.480 e. The Hall–Kier alpha value is -1.26. The Morgan fingerprint density at radius 2 is 2.13 bits per heavy atom. The summed E-state index contributed by atoms with van der Waals surface area (Å²) in [6.45, 7) is 1.99. The lowest BCUT2D eigenvalue weighted by Crippen LogP contribution is -2.46. The minimum absolute atomic E-state index is 0.255. The van der Waals surface area contributed by atoms with E-state index in [4.69, 9.17) is 5.11 Å². The van der Waals surface area contributed by atoms with Gasteiger partial charge in [-0.3, -0.25) is 0 Å². The summed E-state index contributed by atoms with van der Waals surface area (Å²) in [6, 6.07) is -0.865. The van der Waals surface area contributed by atoms with E-state index >= 15 is 0 Å². The molecular formula is C10H18N2O3. The van der Waals surface area contributed by atoms with Crippen LogP contribution in [0, 0.1) is 0 Å². The normalized spacial score (nSPS) is 16.9. The van der Waals surface area contributed by atoms with E-state index < -0.39 is 12.0 Å². The zero-order valence-corrected chi connectivity index (χ0v) is 8.95. The lowest BCUT2D eigenvalue weighted by atomic mass is 10.1. The van der Waals surface area contributed by atoms with Crippen molar-refractivity contribution in [3.05, 3.63) is 0 Å². The van der Waals surface area contributed by atoms with Crippen LogP contribution in [0.3, 0.4) is 0 Å². The zero-order valence-electron chi connectivity index (χ0n) is 8.95. The molecule has 1 aliphatic carbocycles. The van der Waals surface area contributed by atoms with Crippen LogP contribution in [0.25, 0.3) is 0 Å². The van der Waals surface area contributed by atoms with Crippen LogP contribution in [0.4, 0.5) is 4.79 Å². The SMILES string of the molecule is CCCCC(NC(=O)NC1CC1)C(=O)O. The number of carbonyl (C=O) groups excluding carboxylic acids is 1. The molecule has 0 aromatic rings. The predicted octanol–water partition coefficient (Wildman–Crippen LogP) is 1.09. The molecule has 1 saturated carbocycles. The number of urea groups is 1. The van der Waals surface area contributed by atoms with Crippen LogP contribution in [0.5, 0.6) is 0 Å². The monoisotopic (exact) mass is 214 g/mol. The molecule has 0 aliphatic heterocycles. The Balaban J connectivity index is 2.28. The molecule has 0 radical (unpaired) electrons. The van der Waals surface area contributed by atoms with E-state index in [0.29, 0.717) is 6.42 Å². The molecule has 2 amide bonds. The lowest BCUT2D eigenvalue weighted by Gasteiger charge is -2.14.